The Balaban J connectivity index is 1.34. The lowest BCUT2D eigenvalue weighted by atomic mass is 10.0. The van der Waals surface area contributed by atoms with Gasteiger partial charge in [-0.05, 0) is 62.2 Å². The van der Waals surface area contributed by atoms with Crippen LogP contribution < -0.4 is 15.5 Å². The SMILES string of the molecule is Clc1ccc2ncc(-c3nc4cc(N5CCOCC5)ccc4[nH]3)c(NCCC3CCCCN3)c2c1. The van der Waals surface area contributed by atoms with E-state index in [-0.39, 0.29) is 0 Å². The summed E-state index contributed by atoms with van der Waals surface area (Å²) in [4.78, 5) is 15.6. The summed E-state index contributed by atoms with van der Waals surface area (Å²) in [6.45, 7) is 5.33. The number of nitrogens with one attached hydrogen (secondary N) is 3. The first kappa shape index (κ1) is 22.6. The number of aromatic nitrogens is 3. The van der Waals surface area contributed by atoms with Gasteiger partial charge < -0.3 is 25.3 Å². The predicted octanol–water partition coefficient (Wildman–Crippen LogP) is 5.21. The van der Waals surface area contributed by atoms with Crippen molar-refractivity contribution >= 4 is 44.9 Å². The molecule has 0 saturated carbocycles. The fourth-order valence-corrected chi connectivity index (χ4v) is 5.39. The molecule has 35 heavy (non-hydrogen) atoms. The van der Waals surface area contributed by atoms with Gasteiger partial charge in [-0.15, -0.1) is 0 Å². The van der Waals surface area contributed by atoms with Crippen molar-refractivity contribution in [3.63, 3.8) is 0 Å². The first-order valence-corrected chi connectivity index (χ1v) is 13.0. The molecule has 8 heteroatoms. The number of ether oxygens (including phenoxy) is 1. The molecule has 1 unspecified atom stereocenters. The molecule has 0 amide bonds. The number of fused-ring (bicyclic) bond motifs is 2. The van der Waals surface area contributed by atoms with Crippen molar-refractivity contribution in [2.45, 2.75) is 31.7 Å². The summed E-state index contributed by atoms with van der Waals surface area (Å²) in [5, 5.41) is 9.08. The number of pyridine rings is 1. The molecule has 7 nitrogen and oxygen atoms in total. The maximum Gasteiger partial charge on any atom is 0.142 e. The highest BCUT2D eigenvalue weighted by Crippen LogP contribution is 2.35. The van der Waals surface area contributed by atoms with Crippen LogP contribution in [0.1, 0.15) is 25.7 Å². The van der Waals surface area contributed by atoms with Crippen LogP contribution in [-0.4, -0.2) is 60.4 Å². The lowest BCUT2D eigenvalue weighted by Crippen LogP contribution is -2.36. The Morgan fingerprint density at radius 2 is 2.00 bits per heavy atom. The van der Waals surface area contributed by atoms with Gasteiger partial charge in [0, 0.05) is 48.0 Å². The van der Waals surface area contributed by atoms with E-state index in [9.17, 15) is 0 Å². The van der Waals surface area contributed by atoms with Crippen molar-refractivity contribution in [1.82, 2.24) is 20.3 Å². The molecule has 182 valence electrons. The van der Waals surface area contributed by atoms with E-state index in [2.05, 4.69) is 38.7 Å². The molecule has 1 atom stereocenters. The molecule has 2 aromatic carbocycles. The zero-order valence-corrected chi connectivity index (χ0v) is 20.6. The number of imidazole rings is 1. The molecule has 3 N–H and O–H groups in total. The van der Waals surface area contributed by atoms with Crippen LogP contribution in [0.15, 0.2) is 42.6 Å². The van der Waals surface area contributed by atoms with Crippen LogP contribution >= 0.6 is 11.6 Å². The number of H-pyrrole nitrogens is 1. The van der Waals surface area contributed by atoms with E-state index in [4.69, 9.17) is 26.3 Å². The molecule has 2 saturated heterocycles. The van der Waals surface area contributed by atoms with Crippen molar-refractivity contribution in [3.8, 4) is 11.4 Å². The molecule has 6 rings (SSSR count). The summed E-state index contributed by atoms with van der Waals surface area (Å²) in [5.41, 5.74) is 6.05. The van der Waals surface area contributed by atoms with Crippen LogP contribution in [0, 0.1) is 0 Å². The number of aromatic amines is 1. The van der Waals surface area contributed by atoms with Crippen LogP contribution in [0.3, 0.4) is 0 Å². The second-order valence-electron chi connectivity index (χ2n) is 9.46. The number of halogens is 1. The number of rotatable bonds is 6. The van der Waals surface area contributed by atoms with E-state index in [0.717, 1.165) is 84.8 Å². The second-order valence-corrected chi connectivity index (χ2v) is 9.89. The minimum atomic E-state index is 0.571. The molecule has 2 aliphatic rings. The molecule has 0 bridgehead atoms. The number of anilines is 2. The summed E-state index contributed by atoms with van der Waals surface area (Å²) in [6, 6.07) is 12.9. The van der Waals surface area contributed by atoms with Gasteiger partial charge in [-0.2, -0.15) is 0 Å². The van der Waals surface area contributed by atoms with Gasteiger partial charge in [0.05, 0.1) is 41.0 Å². The normalized spacial score (nSPS) is 18.9. The van der Waals surface area contributed by atoms with Crippen LogP contribution in [0.25, 0.3) is 33.3 Å². The molecule has 4 aromatic rings. The van der Waals surface area contributed by atoms with Gasteiger partial charge in [0.25, 0.3) is 0 Å². The molecule has 0 radical (unpaired) electrons. The van der Waals surface area contributed by atoms with Crippen LogP contribution in [0.5, 0.6) is 0 Å². The topological polar surface area (TPSA) is 78.1 Å². The quantitative estimate of drug-likeness (QED) is 0.344. The Bertz CT molecular complexity index is 1330. The zero-order chi connectivity index (χ0) is 23.6. The Morgan fingerprint density at radius 1 is 1.09 bits per heavy atom. The Morgan fingerprint density at radius 3 is 2.86 bits per heavy atom. The monoisotopic (exact) mass is 490 g/mol. The van der Waals surface area contributed by atoms with E-state index < -0.39 is 0 Å². The van der Waals surface area contributed by atoms with E-state index in [1.165, 1.54) is 24.9 Å². The van der Waals surface area contributed by atoms with Crippen LogP contribution in [-0.2, 0) is 4.74 Å². The third kappa shape index (κ3) is 4.81. The van der Waals surface area contributed by atoms with Crippen molar-refractivity contribution in [3.05, 3.63) is 47.6 Å². The first-order valence-electron chi connectivity index (χ1n) is 12.6. The third-order valence-corrected chi connectivity index (χ3v) is 7.37. The minimum absolute atomic E-state index is 0.571. The second kappa shape index (κ2) is 10.0. The Kier molecular flexibility index (Phi) is 6.46. The lowest BCUT2D eigenvalue weighted by molar-refractivity contribution is 0.122. The highest BCUT2D eigenvalue weighted by atomic mass is 35.5. The minimum Gasteiger partial charge on any atom is -0.384 e. The molecule has 4 heterocycles. The van der Waals surface area contributed by atoms with E-state index in [1.54, 1.807) is 0 Å². The predicted molar refractivity (Wildman–Crippen MR) is 144 cm³/mol. The Labute approximate surface area is 210 Å². The van der Waals surface area contributed by atoms with Gasteiger partial charge in [0.15, 0.2) is 0 Å². The van der Waals surface area contributed by atoms with E-state index in [1.807, 2.05) is 24.4 Å². The average Bonchev–Trinajstić information content (AvgIpc) is 3.33. The summed E-state index contributed by atoms with van der Waals surface area (Å²) in [7, 11) is 0. The zero-order valence-electron chi connectivity index (χ0n) is 19.8. The molecule has 2 aromatic heterocycles. The summed E-state index contributed by atoms with van der Waals surface area (Å²) < 4.78 is 5.51. The van der Waals surface area contributed by atoms with E-state index in [0.29, 0.717) is 11.1 Å². The van der Waals surface area contributed by atoms with Crippen molar-refractivity contribution in [2.75, 3.05) is 49.6 Å². The molecule has 0 aliphatic carbocycles. The fraction of sp³-hybridized carbons (Fsp3) is 0.407. The standard InChI is InChI=1S/C27H31ClN6O/c28-18-4-6-23-21(15-18)26(30-10-8-19-3-1-2-9-29-19)22(17-31-23)27-32-24-7-5-20(16-25(24)33-27)34-11-13-35-14-12-34/h4-7,15-17,19,29H,1-3,8-14H2,(H,30,31)(H,32,33). The number of benzene rings is 2. The third-order valence-electron chi connectivity index (χ3n) is 7.13. The average molecular weight is 491 g/mol. The van der Waals surface area contributed by atoms with Crippen molar-refractivity contribution < 1.29 is 4.74 Å². The van der Waals surface area contributed by atoms with Crippen molar-refractivity contribution in [2.24, 2.45) is 0 Å². The van der Waals surface area contributed by atoms with Gasteiger partial charge in [-0.25, -0.2) is 4.98 Å². The van der Waals surface area contributed by atoms with Gasteiger partial charge in [-0.3, -0.25) is 4.98 Å². The summed E-state index contributed by atoms with van der Waals surface area (Å²) in [6.07, 6.45) is 6.82. The molecule has 0 spiro atoms. The molecule has 2 aliphatic heterocycles. The summed E-state index contributed by atoms with van der Waals surface area (Å²) in [5.74, 6) is 0.812. The fourth-order valence-electron chi connectivity index (χ4n) is 5.22. The number of nitrogens with zero attached hydrogens (tertiary/aromatic N) is 3. The highest BCUT2D eigenvalue weighted by Gasteiger charge is 2.18. The van der Waals surface area contributed by atoms with Gasteiger partial charge in [-0.1, -0.05) is 18.0 Å². The molecule has 2 fully saturated rings. The molecular weight excluding hydrogens is 460 g/mol. The number of piperidine rings is 1. The highest BCUT2D eigenvalue weighted by molar-refractivity contribution is 6.31. The van der Waals surface area contributed by atoms with Crippen molar-refractivity contribution in [1.29, 1.82) is 0 Å². The lowest BCUT2D eigenvalue weighted by Gasteiger charge is -2.28. The first-order chi connectivity index (χ1) is 17.2. The Hall–Kier alpha value is -2.87. The van der Waals surface area contributed by atoms with Gasteiger partial charge in [0.2, 0.25) is 0 Å². The smallest absolute Gasteiger partial charge is 0.142 e. The largest absolute Gasteiger partial charge is 0.384 e. The maximum atomic E-state index is 6.40. The number of hydrogen-bond acceptors (Lipinski definition) is 6. The van der Waals surface area contributed by atoms with Gasteiger partial charge >= 0.3 is 0 Å². The van der Waals surface area contributed by atoms with Gasteiger partial charge in [0.1, 0.15) is 5.82 Å². The number of morpholine rings is 1. The van der Waals surface area contributed by atoms with E-state index >= 15 is 0 Å². The van der Waals surface area contributed by atoms with Crippen LogP contribution in [0.4, 0.5) is 11.4 Å². The summed E-state index contributed by atoms with van der Waals surface area (Å²) >= 11 is 6.40. The van der Waals surface area contributed by atoms with Crippen LogP contribution in [0.2, 0.25) is 5.02 Å². The molecular formula is C27H31ClN6O. The maximum absolute atomic E-state index is 6.40. The number of hydrogen-bond donors (Lipinski definition) is 3.